The molecule has 6 rings (SSSR count). The van der Waals surface area contributed by atoms with Crippen LogP contribution in [0.1, 0.15) is 50.2 Å². The minimum Gasteiger partial charge on any atom is -0.497 e. The molecule has 1 aliphatic heterocycles. The maximum absolute atomic E-state index is 13.8. The van der Waals surface area contributed by atoms with E-state index in [-0.39, 0.29) is 30.2 Å². The predicted molar refractivity (Wildman–Crippen MR) is 184 cm³/mol. The molecule has 1 aliphatic rings. The fraction of sp³-hybridized carbons (Fsp3) is 0.229. The van der Waals surface area contributed by atoms with Crippen LogP contribution < -0.4 is 14.8 Å². The summed E-state index contributed by atoms with van der Waals surface area (Å²) in [6, 6.07) is 25.0. The van der Waals surface area contributed by atoms with Crippen LogP contribution in [0, 0.1) is 13.8 Å². The third kappa shape index (κ3) is 7.23. The molecule has 3 aromatic carbocycles. The van der Waals surface area contributed by atoms with Crippen LogP contribution in [0.4, 0.5) is 0 Å². The number of rotatable bonds is 11. The van der Waals surface area contributed by atoms with Gasteiger partial charge in [0.1, 0.15) is 11.5 Å². The lowest BCUT2D eigenvalue weighted by Crippen LogP contribution is -2.28. The summed E-state index contributed by atoms with van der Waals surface area (Å²) in [7, 11) is 3.07. The van der Waals surface area contributed by atoms with Crippen LogP contribution in [0.3, 0.4) is 0 Å². The van der Waals surface area contributed by atoms with Crippen LogP contribution in [-0.2, 0) is 11.3 Å². The summed E-state index contributed by atoms with van der Waals surface area (Å²) in [6.45, 7) is 4.15. The Morgan fingerprint density at radius 3 is 2.38 bits per heavy atom. The number of ether oxygens (including phenoxy) is 2. The smallest absolute Gasteiger partial charge is 0.253 e. The minimum atomic E-state index is -0.319. The second-order valence-electron chi connectivity index (χ2n) is 11.0. The summed E-state index contributed by atoms with van der Waals surface area (Å²) >= 11 is 2.91. The number of thiophene rings is 1. The van der Waals surface area contributed by atoms with E-state index >= 15 is 0 Å². The Labute approximate surface area is 281 Å². The van der Waals surface area contributed by atoms with Crippen molar-refractivity contribution in [2.45, 2.75) is 38.0 Å². The van der Waals surface area contributed by atoms with Gasteiger partial charge in [-0.2, -0.15) is 5.10 Å². The first-order chi connectivity index (χ1) is 22.8. The van der Waals surface area contributed by atoms with Crippen molar-refractivity contribution in [3.63, 3.8) is 0 Å². The third-order valence-electron chi connectivity index (χ3n) is 7.74. The van der Waals surface area contributed by atoms with Crippen LogP contribution >= 0.6 is 23.1 Å². The standard InChI is InChI=1S/C35H34N6O4S2/c1-22-10-12-24(13-11-22)30-19-29(31-9-6-14-46-31)39-41(30)33(42)21-47-35-38-37-32(40(35)26-8-5-7-23(2)15-26)20-36-34(43)25-16-27(44-3)18-28(17-25)45-4/h5-18,30H,19-21H2,1-4H3,(H,36,43)/t30-/m0/s1. The summed E-state index contributed by atoms with van der Waals surface area (Å²) < 4.78 is 12.5. The quantitative estimate of drug-likeness (QED) is 0.163. The number of carbonyl (C=O) groups is 2. The third-order valence-corrected chi connectivity index (χ3v) is 9.57. The number of methoxy groups -OCH3 is 2. The number of hydrogen-bond donors (Lipinski definition) is 1. The van der Waals surface area contributed by atoms with Crippen molar-refractivity contribution in [2.75, 3.05) is 20.0 Å². The summed E-state index contributed by atoms with van der Waals surface area (Å²) in [4.78, 5) is 28.1. The Hall–Kier alpha value is -4.94. The van der Waals surface area contributed by atoms with Gasteiger partial charge in [-0.15, -0.1) is 21.5 Å². The van der Waals surface area contributed by atoms with Crippen molar-refractivity contribution in [2.24, 2.45) is 5.10 Å². The number of amides is 2. The molecule has 240 valence electrons. The zero-order valence-electron chi connectivity index (χ0n) is 26.5. The van der Waals surface area contributed by atoms with E-state index < -0.39 is 0 Å². The maximum Gasteiger partial charge on any atom is 0.253 e. The molecule has 2 amide bonds. The maximum atomic E-state index is 13.8. The summed E-state index contributed by atoms with van der Waals surface area (Å²) in [5, 5.41) is 20.8. The van der Waals surface area contributed by atoms with E-state index in [2.05, 4.69) is 39.8 Å². The molecule has 12 heteroatoms. The monoisotopic (exact) mass is 666 g/mol. The highest BCUT2D eigenvalue weighted by molar-refractivity contribution is 7.99. The van der Waals surface area contributed by atoms with Gasteiger partial charge in [0, 0.05) is 23.7 Å². The number of aryl methyl sites for hydroxylation is 2. The first-order valence-corrected chi connectivity index (χ1v) is 16.8. The lowest BCUT2D eigenvalue weighted by molar-refractivity contribution is -0.130. The van der Waals surface area contributed by atoms with Crippen LogP contribution in [-0.4, -0.2) is 57.3 Å². The molecule has 0 bridgehead atoms. The first-order valence-electron chi connectivity index (χ1n) is 15.0. The Balaban J connectivity index is 1.23. The Kier molecular flexibility index (Phi) is 9.69. The van der Waals surface area contributed by atoms with Gasteiger partial charge < -0.3 is 14.8 Å². The second-order valence-corrected chi connectivity index (χ2v) is 12.9. The van der Waals surface area contributed by atoms with Crippen LogP contribution in [0.15, 0.2) is 94.5 Å². The molecule has 0 unspecified atom stereocenters. The molecular weight excluding hydrogens is 633 g/mol. The van der Waals surface area contributed by atoms with E-state index in [1.54, 1.807) is 34.5 Å². The van der Waals surface area contributed by atoms with E-state index in [1.807, 2.05) is 60.2 Å². The Morgan fingerprint density at radius 2 is 1.70 bits per heavy atom. The van der Waals surface area contributed by atoms with Crippen molar-refractivity contribution in [1.29, 1.82) is 0 Å². The molecule has 5 aromatic rings. The molecule has 0 aliphatic carbocycles. The SMILES string of the molecule is COc1cc(OC)cc(C(=O)NCc2nnc(SCC(=O)N3N=C(c4cccs4)C[C@H]3c3ccc(C)cc3)n2-c2cccc(C)c2)c1. The van der Waals surface area contributed by atoms with Gasteiger partial charge in [0.25, 0.3) is 11.8 Å². The average Bonchev–Trinajstić information content (AvgIpc) is 3.86. The number of nitrogens with one attached hydrogen (secondary N) is 1. The topological polar surface area (TPSA) is 111 Å². The summed E-state index contributed by atoms with van der Waals surface area (Å²) in [5.74, 6) is 1.19. The Bertz CT molecular complexity index is 1900. The van der Waals surface area contributed by atoms with E-state index in [1.165, 1.54) is 26.0 Å². The van der Waals surface area contributed by atoms with E-state index in [4.69, 9.17) is 14.6 Å². The summed E-state index contributed by atoms with van der Waals surface area (Å²) in [6.07, 6.45) is 0.641. The van der Waals surface area contributed by atoms with Gasteiger partial charge >= 0.3 is 0 Å². The molecule has 1 N–H and O–H groups in total. The number of carbonyl (C=O) groups excluding carboxylic acids is 2. The molecular formula is C35H34N6O4S2. The molecule has 0 saturated heterocycles. The highest BCUT2D eigenvalue weighted by atomic mass is 32.2. The molecule has 0 saturated carbocycles. The van der Waals surface area contributed by atoms with Crippen LogP contribution in [0.5, 0.6) is 11.5 Å². The largest absolute Gasteiger partial charge is 0.497 e. The highest BCUT2D eigenvalue weighted by Gasteiger charge is 2.33. The van der Waals surface area contributed by atoms with Gasteiger partial charge in [-0.3, -0.25) is 14.2 Å². The lowest BCUT2D eigenvalue weighted by atomic mass is 10.00. The number of hydrogen-bond acceptors (Lipinski definition) is 9. The Morgan fingerprint density at radius 1 is 0.936 bits per heavy atom. The number of nitrogens with zero attached hydrogens (tertiary/aromatic N) is 5. The highest BCUT2D eigenvalue weighted by Crippen LogP contribution is 2.35. The van der Waals surface area contributed by atoms with Crippen molar-refractivity contribution in [3.05, 3.63) is 117 Å². The van der Waals surface area contributed by atoms with Gasteiger partial charge in [-0.25, -0.2) is 5.01 Å². The van der Waals surface area contributed by atoms with E-state index in [0.29, 0.717) is 34.5 Å². The number of hydrazone groups is 1. The normalized spacial score (nSPS) is 14.2. The van der Waals surface area contributed by atoms with Crippen molar-refractivity contribution < 1.29 is 19.1 Å². The number of benzene rings is 3. The van der Waals surface area contributed by atoms with Gasteiger partial charge in [-0.05, 0) is 60.7 Å². The molecule has 0 fully saturated rings. The van der Waals surface area contributed by atoms with Crippen molar-refractivity contribution in [3.8, 4) is 17.2 Å². The summed E-state index contributed by atoms with van der Waals surface area (Å²) in [5.41, 5.74) is 5.37. The fourth-order valence-electron chi connectivity index (χ4n) is 5.31. The van der Waals surface area contributed by atoms with Gasteiger partial charge in [0.2, 0.25) is 0 Å². The second kappa shape index (κ2) is 14.2. The molecule has 47 heavy (non-hydrogen) atoms. The molecule has 0 radical (unpaired) electrons. The lowest BCUT2D eigenvalue weighted by Gasteiger charge is -2.22. The number of thioether (sulfide) groups is 1. The van der Waals surface area contributed by atoms with Gasteiger partial charge in [0.05, 0.1) is 43.1 Å². The average molecular weight is 667 g/mol. The van der Waals surface area contributed by atoms with Gasteiger partial charge in [0.15, 0.2) is 11.0 Å². The molecule has 1 atom stereocenters. The van der Waals surface area contributed by atoms with E-state index in [0.717, 1.165) is 33.0 Å². The first kappa shape index (κ1) is 32.0. The van der Waals surface area contributed by atoms with Gasteiger partial charge in [-0.1, -0.05) is 59.8 Å². The number of aromatic nitrogens is 3. The molecule has 10 nitrogen and oxygen atoms in total. The van der Waals surface area contributed by atoms with E-state index in [9.17, 15) is 9.59 Å². The zero-order chi connectivity index (χ0) is 32.9. The molecule has 3 heterocycles. The molecule has 0 spiro atoms. The van der Waals surface area contributed by atoms with Crippen LogP contribution in [0.2, 0.25) is 0 Å². The van der Waals surface area contributed by atoms with Crippen molar-refractivity contribution >= 4 is 40.6 Å². The fourth-order valence-corrected chi connectivity index (χ4v) is 6.85. The zero-order valence-corrected chi connectivity index (χ0v) is 28.1. The molecule has 2 aromatic heterocycles. The van der Waals surface area contributed by atoms with Crippen molar-refractivity contribution in [1.82, 2.24) is 25.1 Å². The predicted octanol–water partition coefficient (Wildman–Crippen LogP) is 6.36. The van der Waals surface area contributed by atoms with Crippen LogP contribution in [0.25, 0.3) is 5.69 Å². The minimum absolute atomic E-state index is 0.101.